The van der Waals surface area contributed by atoms with Crippen molar-refractivity contribution in [1.82, 2.24) is 4.98 Å². The van der Waals surface area contributed by atoms with Gasteiger partial charge in [0.05, 0.1) is 22.6 Å². The number of anilines is 1. The predicted octanol–water partition coefficient (Wildman–Crippen LogP) is 5.79. The van der Waals surface area contributed by atoms with Gasteiger partial charge >= 0.3 is 0 Å². The van der Waals surface area contributed by atoms with Crippen molar-refractivity contribution in [2.75, 3.05) is 25.2 Å². The number of alkyl halides is 1. The monoisotopic (exact) mass is 534 g/mol. The lowest BCUT2D eigenvalue weighted by Gasteiger charge is -2.29. The molecule has 0 aliphatic carbocycles. The molecule has 0 fully saturated rings. The van der Waals surface area contributed by atoms with Gasteiger partial charge in [-0.05, 0) is 67.3 Å². The first-order valence-electron chi connectivity index (χ1n) is 9.15. The minimum atomic E-state index is -0.541. The zero-order valence-electron chi connectivity index (χ0n) is 16.0. The van der Waals surface area contributed by atoms with Crippen LogP contribution >= 0.6 is 31.9 Å². The van der Waals surface area contributed by atoms with Gasteiger partial charge in [-0.1, -0.05) is 18.2 Å². The summed E-state index contributed by atoms with van der Waals surface area (Å²) in [5.74, 6) is 0.831. The van der Waals surface area contributed by atoms with E-state index in [4.69, 9.17) is 9.47 Å². The third kappa shape index (κ3) is 3.94. The molecule has 2 aromatic carbocycles. The number of carbonyl (C=O) groups is 1. The molecule has 0 atom stereocenters. The number of rotatable bonds is 4. The highest BCUT2D eigenvalue weighted by atomic mass is 79.9. The Hall–Kier alpha value is -2.45. The van der Waals surface area contributed by atoms with Crippen molar-refractivity contribution in [2.45, 2.75) is 6.67 Å². The van der Waals surface area contributed by atoms with Crippen molar-refractivity contribution >= 4 is 43.5 Å². The largest absolute Gasteiger partial charge is 0.494 e. The summed E-state index contributed by atoms with van der Waals surface area (Å²) in [6, 6.07) is 12.5. The Morgan fingerprint density at radius 1 is 1.20 bits per heavy atom. The van der Waals surface area contributed by atoms with Crippen LogP contribution in [0.3, 0.4) is 0 Å². The van der Waals surface area contributed by atoms with Crippen LogP contribution in [0.15, 0.2) is 57.6 Å². The SMILES string of the molecule is COc1c(Br)cc(C(=O)N2CCOc3ncc(-c4cccc(CF)c4)cc32)cc1Br. The number of nitrogens with zero attached hydrogens (tertiary/aromatic N) is 2. The van der Waals surface area contributed by atoms with Gasteiger partial charge in [-0.2, -0.15) is 0 Å². The van der Waals surface area contributed by atoms with Gasteiger partial charge in [0.1, 0.15) is 24.7 Å². The second-order valence-electron chi connectivity index (χ2n) is 6.66. The molecule has 2 heterocycles. The topological polar surface area (TPSA) is 51.7 Å². The Morgan fingerprint density at radius 3 is 2.67 bits per heavy atom. The zero-order chi connectivity index (χ0) is 21.3. The normalized spacial score (nSPS) is 12.9. The average Bonchev–Trinajstić information content (AvgIpc) is 2.77. The van der Waals surface area contributed by atoms with Gasteiger partial charge in [0.2, 0.25) is 5.88 Å². The molecule has 154 valence electrons. The molecule has 1 aromatic heterocycles. The van der Waals surface area contributed by atoms with Crippen molar-refractivity contribution in [1.29, 1.82) is 0 Å². The second kappa shape index (κ2) is 8.73. The number of methoxy groups -OCH3 is 1. The first-order valence-corrected chi connectivity index (χ1v) is 10.7. The van der Waals surface area contributed by atoms with E-state index in [1.807, 2.05) is 12.1 Å². The predicted molar refractivity (Wildman–Crippen MR) is 120 cm³/mol. The molecule has 4 rings (SSSR count). The minimum absolute atomic E-state index is 0.180. The van der Waals surface area contributed by atoms with E-state index in [2.05, 4.69) is 36.8 Å². The van der Waals surface area contributed by atoms with Gasteiger partial charge in [0.15, 0.2) is 0 Å². The van der Waals surface area contributed by atoms with Crippen molar-refractivity contribution in [3.8, 4) is 22.8 Å². The molecule has 0 spiro atoms. The highest BCUT2D eigenvalue weighted by Crippen LogP contribution is 2.37. The fraction of sp³-hybridized carbons (Fsp3) is 0.182. The average molecular weight is 536 g/mol. The Kier molecular flexibility index (Phi) is 6.06. The maximum atomic E-state index is 13.3. The number of halogens is 3. The third-order valence-electron chi connectivity index (χ3n) is 4.79. The Morgan fingerprint density at radius 2 is 1.97 bits per heavy atom. The quantitative estimate of drug-likeness (QED) is 0.424. The molecule has 30 heavy (non-hydrogen) atoms. The summed E-state index contributed by atoms with van der Waals surface area (Å²) in [7, 11) is 1.57. The van der Waals surface area contributed by atoms with E-state index in [1.165, 1.54) is 0 Å². The van der Waals surface area contributed by atoms with Gasteiger partial charge in [-0.3, -0.25) is 4.79 Å². The van der Waals surface area contributed by atoms with E-state index >= 15 is 0 Å². The number of aromatic nitrogens is 1. The summed E-state index contributed by atoms with van der Waals surface area (Å²) in [6.07, 6.45) is 1.67. The van der Waals surface area contributed by atoms with E-state index in [0.29, 0.717) is 50.5 Å². The van der Waals surface area contributed by atoms with E-state index in [-0.39, 0.29) is 5.91 Å². The van der Waals surface area contributed by atoms with Crippen LogP contribution < -0.4 is 14.4 Å². The molecule has 0 saturated heterocycles. The zero-order valence-corrected chi connectivity index (χ0v) is 19.2. The number of hydrogen-bond acceptors (Lipinski definition) is 4. The summed E-state index contributed by atoms with van der Waals surface area (Å²) in [6.45, 7) is 0.199. The minimum Gasteiger partial charge on any atom is -0.494 e. The number of ether oxygens (including phenoxy) is 2. The molecule has 0 bridgehead atoms. The lowest BCUT2D eigenvalue weighted by Crippen LogP contribution is -2.38. The highest BCUT2D eigenvalue weighted by Gasteiger charge is 2.27. The maximum Gasteiger partial charge on any atom is 0.258 e. The number of benzene rings is 2. The number of amides is 1. The van der Waals surface area contributed by atoms with Crippen LogP contribution in [0, 0.1) is 0 Å². The molecule has 0 N–H and O–H groups in total. The molecule has 0 saturated carbocycles. The molecule has 0 radical (unpaired) electrons. The van der Waals surface area contributed by atoms with Crippen LogP contribution in [0.5, 0.6) is 11.6 Å². The van der Waals surface area contributed by atoms with E-state index < -0.39 is 6.67 Å². The van der Waals surface area contributed by atoms with Gasteiger partial charge in [-0.25, -0.2) is 9.37 Å². The van der Waals surface area contributed by atoms with Gasteiger partial charge in [0, 0.05) is 17.3 Å². The number of hydrogen-bond donors (Lipinski definition) is 0. The van der Waals surface area contributed by atoms with Crippen molar-refractivity contribution < 1.29 is 18.7 Å². The lowest BCUT2D eigenvalue weighted by molar-refractivity contribution is 0.0975. The second-order valence-corrected chi connectivity index (χ2v) is 8.37. The molecule has 1 aliphatic heterocycles. The van der Waals surface area contributed by atoms with E-state index in [0.717, 1.165) is 11.1 Å². The third-order valence-corrected chi connectivity index (χ3v) is 5.96. The van der Waals surface area contributed by atoms with Crippen LogP contribution in [0.2, 0.25) is 0 Å². The van der Waals surface area contributed by atoms with Crippen LogP contribution in [-0.4, -0.2) is 31.2 Å². The first-order chi connectivity index (χ1) is 14.5. The fourth-order valence-electron chi connectivity index (χ4n) is 3.34. The highest BCUT2D eigenvalue weighted by molar-refractivity contribution is 9.11. The summed E-state index contributed by atoms with van der Waals surface area (Å²) in [5, 5.41) is 0. The Balaban J connectivity index is 1.73. The number of carbonyl (C=O) groups excluding carboxylic acids is 1. The van der Waals surface area contributed by atoms with Crippen LogP contribution in [-0.2, 0) is 6.67 Å². The summed E-state index contributed by atoms with van der Waals surface area (Å²) < 4.78 is 25.4. The molecule has 1 amide bonds. The molecule has 8 heteroatoms. The van der Waals surface area contributed by atoms with Crippen LogP contribution in [0.25, 0.3) is 11.1 Å². The lowest BCUT2D eigenvalue weighted by atomic mass is 10.0. The molecule has 0 unspecified atom stereocenters. The van der Waals surface area contributed by atoms with Gasteiger partial charge < -0.3 is 14.4 Å². The van der Waals surface area contributed by atoms with Gasteiger partial charge in [-0.15, -0.1) is 0 Å². The Labute approximate surface area is 190 Å². The molecule has 1 aliphatic rings. The van der Waals surface area contributed by atoms with E-state index in [9.17, 15) is 9.18 Å². The molecule has 3 aromatic rings. The van der Waals surface area contributed by atoms with Crippen molar-refractivity contribution in [3.63, 3.8) is 0 Å². The summed E-state index contributed by atoms with van der Waals surface area (Å²) >= 11 is 6.89. The van der Waals surface area contributed by atoms with Crippen molar-refractivity contribution in [3.05, 3.63) is 68.7 Å². The standard InChI is InChI=1S/C22H17Br2FN2O3/c1-29-20-17(23)8-15(9-18(20)24)22(28)27-5-6-30-21-19(27)10-16(12-26-21)14-4-2-3-13(7-14)11-25/h2-4,7-10,12H,5-6,11H2,1H3. The Bertz CT molecular complexity index is 1100. The maximum absolute atomic E-state index is 13.3. The van der Waals surface area contributed by atoms with Crippen LogP contribution in [0.4, 0.5) is 10.1 Å². The first kappa shape index (κ1) is 20.8. The molecular weight excluding hydrogens is 519 g/mol. The van der Waals surface area contributed by atoms with Crippen LogP contribution in [0.1, 0.15) is 15.9 Å². The number of fused-ring (bicyclic) bond motifs is 1. The van der Waals surface area contributed by atoms with Gasteiger partial charge in [0.25, 0.3) is 5.91 Å². The van der Waals surface area contributed by atoms with Crippen molar-refractivity contribution in [2.24, 2.45) is 0 Å². The fourth-order valence-corrected chi connectivity index (χ4v) is 4.85. The summed E-state index contributed by atoms with van der Waals surface area (Å²) in [4.78, 5) is 19.4. The molecular formula is C22H17Br2FN2O3. The molecule has 5 nitrogen and oxygen atoms in total. The van der Waals surface area contributed by atoms with E-state index in [1.54, 1.807) is 48.5 Å². The summed E-state index contributed by atoms with van der Waals surface area (Å²) in [5.41, 5.74) is 3.27. The smallest absolute Gasteiger partial charge is 0.258 e. The number of pyridine rings is 1.